The average Bonchev–Trinajstić information content (AvgIpc) is 3.25. The number of aryl methyl sites for hydroxylation is 1. The van der Waals surface area contributed by atoms with Gasteiger partial charge in [-0.3, -0.25) is 4.79 Å². The van der Waals surface area contributed by atoms with Gasteiger partial charge in [0.15, 0.2) is 0 Å². The minimum atomic E-state index is -0.290. The second-order valence-corrected chi connectivity index (χ2v) is 7.27. The van der Waals surface area contributed by atoms with E-state index >= 15 is 0 Å². The van der Waals surface area contributed by atoms with Crippen molar-refractivity contribution in [3.63, 3.8) is 0 Å². The molecule has 2 aromatic heterocycles. The lowest BCUT2D eigenvalue weighted by Gasteiger charge is -2.07. The first-order valence-corrected chi connectivity index (χ1v) is 9.51. The topological polar surface area (TPSA) is 51.2 Å². The maximum atomic E-state index is 12.8. The van der Waals surface area contributed by atoms with Crippen LogP contribution in [0.1, 0.15) is 21.8 Å². The molecule has 0 unspecified atom stereocenters. The van der Waals surface area contributed by atoms with Gasteiger partial charge in [0.2, 0.25) is 0 Å². The predicted octanol–water partition coefficient (Wildman–Crippen LogP) is 4.52. The molecule has 1 amide bonds. The summed E-state index contributed by atoms with van der Waals surface area (Å²) in [5.74, 6) is 0.215. The third-order valence-corrected chi connectivity index (χ3v) is 5.62. The van der Waals surface area contributed by atoms with Crippen molar-refractivity contribution < 1.29 is 13.9 Å². The number of carbonyl (C=O) groups excluding carboxylic acids is 1. The van der Waals surface area contributed by atoms with E-state index in [1.807, 2.05) is 24.4 Å². The van der Waals surface area contributed by atoms with E-state index in [-0.39, 0.29) is 11.7 Å². The summed E-state index contributed by atoms with van der Waals surface area (Å²) < 4.78 is 18.3. The molecular formula is C18H17FN2O2S2. The zero-order valence-electron chi connectivity index (χ0n) is 13.6. The number of hydrogen-bond acceptors (Lipinski definition) is 5. The first-order valence-electron chi connectivity index (χ1n) is 7.81. The lowest BCUT2D eigenvalue weighted by molar-refractivity contribution is 0.0955. The molecule has 0 radical (unpaired) electrons. The Morgan fingerprint density at radius 3 is 2.80 bits per heavy atom. The van der Waals surface area contributed by atoms with Crippen molar-refractivity contribution in [1.29, 1.82) is 0 Å². The summed E-state index contributed by atoms with van der Waals surface area (Å²) in [5, 5.41) is 5.75. The van der Waals surface area contributed by atoms with E-state index in [0.717, 1.165) is 15.6 Å². The molecular weight excluding hydrogens is 359 g/mol. The van der Waals surface area contributed by atoms with Crippen molar-refractivity contribution in [3.8, 4) is 15.6 Å². The third-order valence-electron chi connectivity index (χ3n) is 3.42. The number of amides is 1. The first kappa shape index (κ1) is 17.6. The number of aromatic nitrogens is 1. The molecule has 130 valence electrons. The summed E-state index contributed by atoms with van der Waals surface area (Å²) in [6.45, 7) is 2.81. The quantitative estimate of drug-likeness (QED) is 0.617. The van der Waals surface area contributed by atoms with Gasteiger partial charge in [-0.05, 0) is 49.1 Å². The van der Waals surface area contributed by atoms with Crippen LogP contribution in [-0.4, -0.2) is 24.0 Å². The van der Waals surface area contributed by atoms with Crippen molar-refractivity contribution in [3.05, 3.63) is 58.2 Å². The van der Waals surface area contributed by atoms with Gasteiger partial charge in [0.05, 0.1) is 17.2 Å². The Morgan fingerprint density at radius 1 is 1.28 bits per heavy atom. The largest absolute Gasteiger partial charge is 0.494 e. The van der Waals surface area contributed by atoms with Crippen LogP contribution < -0.4 is 10.1 Å². The summed E-state index contributed by atoms with van der Waals surface area (Å²) >= 11 is 3.02. The Hall–Kier alpha value is -2.25. The van der Waals surface area contributed by atoms with Gasteiger partial charge < -0.3 is 10.1 Å². The standard InChI is InChI=1S/C18H17FN2O2S2/c1-12-16(25-18(21-12)15-4-2-11-24-15)17(22)20-9-3-10-23-14-7-5-13(19)6-8-14/h2,4-8,11H,3,9-10H2,1H3,(H,20,22). The molecule has 2 heterocycles. The Labute approximate surface area is 153 Å². The lowest BCUT2D eigenvalue weighted by atomic mass is 10.3. The van der Waals surface area contributed by atoms with Crippen LogP contribution in [0, 0.1) is 12.7 Å². The zero-order valence-corrected chi connectivity index (χ0v) is 15.3. The highest BCUT2D eigenvalue weighted by Gasteiger charge is 2.16. The van der Waals surface area contributed by atoms with Crippen LogP contribution in [0.25, 0.3) is 9.88 Å². The molecule has 0 aliphatic rings. The number of carbonyl (C=O) groups is 1. The molecule has 3 rings (SSSR count). The highest BCUT2D eigenvalue weighted by molar-refractivity contribution is 7.22. The number of ether oxygens (including phenoxy) is 1. The Kier molecular flexibility index (Phi) is 5.78. The van der Waals surface area contributed by atoms with Crippen molar-refractivity contribution in [2.24, 2.45) is 0 Å². The van der Waals surface area contributed by atoms with Gasteiger partial charge in [0.1, 0.15) is 21.5 Å². The average molecular weight is 376 g/mol. The van der Waals surface area contributed by atoms with E-state index < -0.39 is 0 Å². The smallest absolute Gasteiger partial charge is 0.263 e. The summed E-state index contributed by atoms with van der Waals surface area (Å²) in [6.07, 6.45) is 0.665. The number of hydrogen-bond donors (Lipinski definition) is 1. The van der Waals surface area contributed by atoms with E-state index in [1.165, 1.54) is 23.5 Å². The summed E-state index contributed by atoms with van der Waals surface area (Å²) in [4.78, 5) is 18.5. The molecule has 7 heteroatoms. The highest BCUT2D eigenvalue weighted by atomic mass is 32.1. The van der Waals surface area contributed by atoms with Gasteiger partial charge in [-0.15, -0.1) is 22.7 Å². The fraction of sp³-hybridized carbons (Fsp3) is 0.222. The van der Waals surface area contributed by atoms with E-state index in [2.05, 4.69) is 10.3 Å². The summed E-state index contributed by atoms with van der Waals surface area (Å²) in [5.41, 5.74) is 0.744. The molecule has 0 bridgehead atoms. The Bertz CT molecular complexity index is 829. The molecule has 4 nitrogen and oxygen atoms in total. The summed E-state index contributed by atoms with van der Waals surface area (Å²) in [6, 6.07) is 9.85. The molecule has 1 N–H and O–H groups in total. The van der Waals surface area contributed by atoms with Crippen LogP contribution >= 0.6 is 22.7 Å². The minimum absolute atomic E-state index is 0.111. The molecule has 0 fully saturated rings. The predicted molar refractivity (Wildman–Crippen MR) is 99.0 cm³/mol. The molecule has 0 aliphatic carbocycles. The van der Waals surface area contributed by atoms with Crippen molar-refractivity contribution in [2.45, 2.75) is 13.3 Å². The number of nitrogens with one attached hydrogen (secondary N) is 1. The van der Waals surface area contributed by atoms with Crippen molar-refractivity contribution in [2.75, 3.05) is 13.2 Å². The molecule has 1 aromatic carbocycles. The van der Waals surface area contributed by atoms with Gasteiger partial charge in [0, 0.05) is 6.54 Å². The van der Waals surface area contributed by atoms with Gasteiger partial charge in [0.25, 0.3) is 5.91 Å². The van der Waals surface area contributed by atoms with Crippen molar-refractivity contribution >= 4 is 28.6 Å². The van der Waals surface area contributed by atoms with Gasteiger partial charge in [-0.2, -0.15) is 0 Å². The van der Waals surface area contributed by atoms with E-state index in [4.69, 9.17) is 4.74 Å². The normalized spacial score (nSPS) is 10.6. The second-order valence-electron chi connectivity index (χ2n) is 5.32. The number of benzene rings is 1. The van der Waals surface area contributed by atoms with Gasteiger partial charge >= 0.3 is 0 Å². The van der Waals surface area contributed by atoms with Gasteiger partial charge in [-0.25, -0.2) is 9.37 Å². The Balaban J connectivity index is 1.46. The van der Waals surface area contributed by atoms with Crippen LogP contribution in [0.4, 0.5) is 4.39 Å². The number of rotatable bonds is 7. The van der Waals surface area contributed by atoms with E-state index in [9.17, 15) is 9.18 Å². The van der Waals surface area contributed by atoms with Crippen LogP contribution in [0.2, 0.25) is 0 Å². The van der Waals surface area contributed by atoms with E-state index in [0.29, 0.717) is 30.2 Å². The van der Waals surface area contributed by atoms with Crippen LogP contribution in [-0.2, 0) is 0 Å². The maximum Gasteiger partial charge on any atom is 0.263 e. The molecule has 3 aromatic rings. The fourth-order valence-electron chi connectivity index (χ4n) is 2.19. The molecule has 0 aliphatic heterocycles. The fourth-order valence-corrected chi connectivity index (χ4v) is 3.97. The molecule has 25 heavy (non-hydrogen) atoms. The number of halogens is 1. The van der Waals surface area contributed by atoms with Crippen LogP contribution in [0.3, 0.4) is 0 Å². The minimum Gasteiger partial charge on any atom is -0.494 e. The first-order chi connectivity index (χ1) is 12.1. The molecule has 0 saturated carbocycles. The molecule has 0 saturated heterocycles. The summed E-state index contributed by atoms with van der Waals surface area (Å²) in [7, 11) is 0. The van der Waals surface area contributed by atoms with Crippen LogP contribution in [0.5, 0.6) is 5.75 Å². The number of thiazole rings is 1. The molecule has 0 atom stereocenters. The van der Waals surface area contributed by atoms with E-state index in [1.54, 1.807) is 23.5 Å². The maximum absolute atomic E-state index is 12.8. The monoisotopic (exact) mass is 376 g/mol. The molecule has 0 spiro atoms. The SMILES string of the molecule is Cc1nc(-c2cccs2)sc1C(=O)NCCCOc1ccc(F)cc1. The zero-order chi connectivity index (χ0) is 17.6. The number of thiophene rings is 1. The second kappa shape index (κ2) is 8.22. The van der Waals surface area contributed by atoms with Gasteiger partial charge in [-0.1, -0.05) is 6.07 Å². The highest BCUT2D eigenvalue weighted by Crippen LogP contribution is 2.30. The number of nitrogens with zero attached hydrogens (tertiary/aromatic N) is 1. The van der Waals surface area contributed by atoms with Crippen molar-refractivity contribution in [1.82, 2.24) is 10.3 Å². The van der Waals surface area contributed by atoms with Crippen LogP contribution in [0.15, 0.2) is 41.8 Å². The third kappa shape index (κ3) is 4.64. The lowest BCUT2D eigenvalue weighted by Crippen LogP contribution is -2.25. The Morgan fingerprint density at radius 2 is 2.08 bits per heavy atom.